The average molecular weight is 224 g/mol. The van der Waals surface area contributed by atoms with Gasteiger partial charge >= 0.3 is 0 Å². The lowest BCUT2D eigenvalue weighted by Gasteiger charge is -2.30. The summed E-state index contributed by atoms with van der Waals surface area (Å²) in [6, 6.07) is 0. The molecular weight excluding hydrogens is 200 g/mol. The molecule has 92 valence electrons. The van der Waals surface area contributed by atoms with Crippen molar-refractivity contribution in [2.45, 2.75) is 63.6 Å². The van der Waals surface area contributed by atoms with Crippen LogP contribution in [0.5, 0.6) is 0 Å². The van der Waals surface area contributed by atoms with Crippen LogP contribution in [0.1, 0.15) is 52.4 Å². The summed E-state index contributed by atoms with van der Waals surface area (Å²) < 4.78 is 0. The highest BCUT2D eigenvalue weighted by molar-refractivity contribution is 5.28. The summed E-state index contributed by atoms with van der Waals surface area (Å²) in [5.74, 6) is 0. The molecule has 1 aliphatic rings. The van der Waals surface area contributed by atoms with E-state index in [1.165, 1.54) is 0 Å². The number of rotatable bonds is 6. The molecule has 2 heteroatoms. The van der Waals surface area contributed by atoms with E-state index in [9.17, 15) is 10.2 Å². The molecule has 0 bridgehead atoms. The van der Waals surface area contributed by atoms with Gasteiger partial charge in [0.05, 0.1) is 0 Å². The van der Waals surface area contributed by atoms with Gasteiger partial charge < -0.3 is 10.2 Å². The minimum atomic E-state index is -0.839. The van der Waals surface area contributed by atoms with Gasteiger partial charge in [-0.05, 0) is 12.8 Å². The van der Waals surface area contributed by atoms with E-state index in [-0.39, 0.29) is 0 Å². The fourth-order valence-electron chi connectivity index (χ4n) is 1.94. The molecule has 0 aromatic carbocycles. The summed E-state index contributed by atoms with van der Waals surface area (Å²) in [5.41, 5.74) is -1.68. The molecule has 0 amide bonds. The standard InChI is InChI=1S/C14H24O2/c1-3-5-7-13(15)9-11-14(16,12-10-13)8-6-4-2/h9-12,15-16H,3-8H2,1-2H3. The molecule has 16 heavy (non-hydrogen) atoms. The first kappa shape index (κ1) is 13.5. The van der Waals surface area contributed by atoms with Gasteiger partial charge in [0.15, 0.2) is 0 Å². The zero-order chi connectivity index (χ0) is 12.1. The molecule has 0 radical (unpaired) electrons. The predicted octanol–water partition coefficient (Wildman–Crippen LogP) is 2.96. The molecule has 0 saturated heterocycles. The first-order valence-corrected chi connectivity index (χ1v) is 6.39. The highest BCUT2D eigenvalue weighted by Crippen LogP contribution is 2.29. The lowest BCUT2D eigenvalue weighted by atomic mass is 9.84. The Hall–Kier alpha value is -0.600. The molecule has 0 aromatic rings. The molecule has 0 aliphatic heterocycles. The molecule has 2 nitrogen and oxygen atoms in total. The van der Waals surface area contributed by atoms with Crippen molar-refractivity contribution >= 4 is 0 Å². The fourth-order valence-corrected chi connectivity index (χ4v) is 1.94. The number of hydrogen-bond acceptors (Lipinski definition) is 2. The fraction of sp³-hybridized carbons (Fsp3) is 0.714. The lowest BCUT2D eigenvalue weighted by molar-refractivity contribution is 0.0943. The Morgan fingerprint density at radius 2 is 1.06 bits per heavy atom. The van der Waals surface area contributed by atoms with E-state index in [1.54, 1.807) is 24.3 Å². The van der Waals surface area contributed by atoms with E-state index in [4.69, 9.17) is 0 Å². The summed E-state index contributed by atoms with van der Waals surface area (Å²) in [4.78, 5) is 0. The van der Waals surface area contributed by atoms with Gasteiger partial charge in [0, 0.05) is 0 Å². The lowest BCUT2D eigenvalue weighted by Crippen LogP contribution is -2.33. The number of hydrogen-bond donors (Lipinski definition) is 2. The zero-order valence-corrected chi connectivity index (χ0v) is 10.4. The van der Waals surface area contributed by atoms with Crippen molar-refractivity contribution in [1.29, 1.82) is 0 Å². The SMILES string of the molecule is CCCCC1(O)C=CC(O)(CCCC)C=C1. The summed E-state index contributed by atoms with van der Waals surface area (Å²) >= 11 is 0. The van der Waals surface area contributed by atoms with Crippen LogP contribution in [0.3, 0.4) is 0 Å². The second kappa shape index (κ2) is 5.65. The molecule has 0 spiro atoms. The Bertz CT molecular complexity index is 226. The molecule has 0 atom stereocenters. The van der Waals surface area contributed by atoms with Crippen molar-refractivity contribution in [3.05, 3.63) is 24.3 Å². The Balaban J connectivity index is 2.56. The van der Waals surface area contributed by atoms with Crippen molar-refractivity contribution in [2.24, 2.45) is 0 Å². The molecule has 0 unspecified atom stereocenters. The third-order valence-electron chi connectivity index (χ3n) is 3.18. The van der Waals surface area contributed by atoms with Crippen LogP contribution in [0.2, 0.25) is 0 Å². The second-order valence-corrected chi connectivity index (χ2v) is 4.86. The van der Waals surface area contributed by atoms with Crippen molar-refractivity contribution in [3.63, 3.8) is 0 Å². The van der Waals surface area contributed by atoms with Crippen molar-refractivity contribution < 1.29 is 10.2 Å². The molecule has 0 saturated carbocycles. The topological polar surface area (TPSA) is 40.5 Å². The summed E-state index contributed by atoms with van der Waals surface area (Å²) in [6.07, 6.45) is 12.6. The van der Waals surface area contributed by atoms with Gasteiger partial charge in [-0.2, -0.15) is 0 Å². The smallest absolute Gasteiger partial charge is 0.101 e. The van der Waals surface area contributed by atoms with Gasteiger partial charge in [-0.15, -0.1) is 0 Å². The van der Waals surface area contributed by atoms with Gasteiger partial charge in [-0.25, -0.2) is 0 Å². The van der Waals surface area contributed by atoms with Crippen LogP contribution >= 0.6 is 0 Å². The molecule has 0 heterocycles. The average Bonchev–Trinajstić information content (AvgIpc) is 2.29. The van der Waals surface area contributed by atoms with Crippen molar-refractivity contribution in [1.82, 2.24) is 0 Å². The van der Waals surface area contributed by atoms with Crippen LogP contribution in [0.15, 0.2) is 24.3 Å². The largest absolute Gasteiger partial charge is 0.382 e. The first-order chi connectivity index (χ1) is 7.54. The quantitative estimate of drug-likeness (QED) is 0.681. The number of aliphatic hydroxyl groups is 2. The van der Waals surface area contributed by atoms with E-state index in [0.29, 0.717) is 0 Å². The monoisotopic (exact) mass is 224 g/mol. The molecule has 2 N–H and O–H groups in total. The van der Waals surface area contributed by atoms with Crippen LogP contribution in [0.4, 0.5) is 0 Å². The molecule has 1 rings (SSSR count). The van der Waals surface area contributed by atoms with Crippen LogP contribution in [0, 0.1) is 0 Å². The molecular formula is C14H24O2. The van der Waals surface area contributed by atoms with Gasteiger partial charge in [0.2, 0.25) is 0 Å². The van der Waals surface area contributed by atoms with Crippen LogP contribution < -0.4 is 0 Å². The van der Waals surface area contributed by atoms with Crippen LogP contribution in [0.25, 0.3) is 0 Å². The maximum atomic E-state index is 10.2. The van der Waals surface area contributed by atoms with Crippen molar-refractivity contribution in [2.75, 3.05) is 0 Å². The molecule has 1 aliphatic carbocycles. The predicted molar refractivity (Wildman–Crippen MR) is 67.2 cm³/mol. The van der Waals surface area contributed by atoms with Crippen LogP contribution in [-0.2, 0) is 0 Å². The van der Waals surface area contributed by atoms with E-state index in [2.05, 4.69) is 13.8 Å². The Labute approximate surface area is 98.7 Å². The molecule has 0 fully saturated rings. The zero-order valence-electron chi connectivity index (χ0n) is 10.4. The summed E-state index contributed by atoms with van der Waals surface area (Å²) in [7, 11) is 0. The third kappa shape index (κ3) is 3.76. The van der Waals surface area contributed by atoms with Gasteiger partial charge in [0.1, 0.15) is 11.2 Å². The number of unbranched alkanes of at least 4 members (excludes halogenated alkanes) is 2. The van der Waals surface area contributed by atoms with E-state index in [0.717, 1.165) is 38.5 Å². The summed E-state index contributed by atoms with van der Waals surface area (Å²) in [5, 5.41) is 20.4. The maximum absolute atomic E-state index is 10.2. The maximum Gasteiger partial charge on any atom is 0.101 e. The van der Waals surface area contributed by atoms with Gasteiger partial charge in [0.25, 0.3) is 0 Å². The Morgan fingerprint density at radius 3 is 1.31 bits per heavy atom. The van der Waals surface area contributed by atoms with E-state index < -0.39 is 11.2 Å². The third-order valence-corrected chi connectivity index (χ3v) is 3.18. The van der Waals surface area contributed by atoms with Crippen LogP contribution in [-0.4, -0.2) is 21.4 Å². The molecule has 0 aromatic heterocycles. The second-order valence-electron chi connectivity index (χ2n) is 4.86. The normalized spacial score (nSPS) is 33.2. The summed E-state index contributed by atoms with van der Waals surface area (Å²) in [6.45, 7) is 4.22. The Kier molecular flexibility index (Phi) is 4.75. The van der Waals surface area contributed by atoms with E-state index in [1.807, 2.05) is 0 Å². The van der Waals surface area contributed by atoms with E-state index >= 15 is 0 Å². The first-order valence-electron chi connectivity index (χ1n) is 6.39. The minimum Gasteiger partial charge on any atom is -0.382 e. The van der Waals surface area contributed by atoms with Gasteiger partial charge in [-0.3, -0.25) is 0 Å². The highest BCUT2D eigenvalue weighted by atomic mass is 16.3. The minimum absolute atomic E-state index is 0.736. The van der Waals surface area contributed by atoms with Crippen molar-refractivity contribution in [3.8, 4) is 0 Å². The Morgan fingerprint density at radius 1 is 0.750 bits per heavy atom. The highest BCUT2D eigenvalue weighted by Gasteiger charge is 2.29. The van der Waals surface area contributed by atoms with Gasteiger partial charge in [-0.1, -0.05) is 63.8 Å².